The van der Waals surface area contributed by atoms with E-state index in [1.54, 1.807) is 11.3 Å². The van der Waals surface area contributed by atoms with Gasteiger partial charge in [0.05, 0.1) is 5.60 Å². The molecule has 3 heteroatoms. The van der Waals surface area contributed by atoms with Gasteiger partial charge in [-0.1, -0.05) is 26.7 Å². The van der Waals surface area contributed by atoms with Crippen LogP contribution in [0.2, 0.25) is 0 Å². The highest BCUT2D eigenvalue weighted by Crippen LogP contribution is 2.47. The normalized spacial score (nSPS) is 30.9. The van der Waals surface area contributed by atoms with Crippen LogP contribution in [0.5, 0.6) is 0 Å². The van der Waals surface area contributed by atoms with E-state index in [0.29, 0.717) is 11.8 Å². The van der Waals surface area contributed by atoms with Gasteiger partial charge < -0.3 is 5.11 Å². The molecule has 0 aromatic carbocycles. The summed E-state index contributed by atoms with van der Waals surface area (Å²) in [5.41, 5.74) is 0.501. The SMILES string of the molecule is CC(C)C1CCCCC1(O)c1cscc1Br. The van der Waals surface area contributed by atoms with E-state index in [1.807, 2.05) is 0 Å². The molecule has 16 heavy (non-hydrogen) atoms. The van der Waals surface area contributed by atoms with Crippen LogP contribution in [0, 0.1) is 11.8 Å². The van der Waals surface area contributed by atoms with E-state index < -0.39 is 5.60 Å². The van der Waals surface area contributed by atoms with Crippen LogP contribution in [0.3, 0.4) is 0 Å². The van der Waals surface area contributed by atoms with Crippen LogP contribution >= 0.6 is 27.3 Å². The molecule has 1 N–H and O–H groups in total. The number of rotatable bonds is 2. The smallest absolute Gasteiger partial charge is 0.0945 e. The third-order valence-corrected chi connectivity index (χ3v) is 5.53. The Labute approximate surface area is 110 Å². The molecule has 90 valence electrons. The molecule has 0 amide bonds. The highest BCUT2D eigenvalue weighted by molar-refractivity contribution is 9.10. The quantitative estimate of drug-likeness (QED) is 0.850. The van der Waals surface area contributed by atoms with E-state index in [9.17, 15) is 5.11 Å². The molecule has 0 saturated heterocycles. The first-order valence-corrected chi connectivity index (χ1v) is 7.74. The van der Waals surface area contributed by atoms with Crippen molar-refractivity contribution in [1.82, 2.24) is 0 Å². The van der Waals surface area contributed by atoms with Gasteiger partial charge in [-0.15, -0.1) is 0 Å². The van der Waals surface area contributed by atoms with Crippen LogP contribution in [-0.4, -0.2) is 5.11 Å². The summed E-state index contributed by atoms with van der Waals surface area (Å²) in [7, 11) is 0. The van der Waals surface area contributed by atoms with Gasteiger partial charge in [-0.2, -0.15) is 11.3 Å². The van der Waals surface area contributed by atoms with Crippen LogP contribution < -0.4 is 0 Å². The second kappa shape index (κ2) is 4.79. The van der Waals surface area contributed by atoms with Crippen molar-refractivity contribution >= 4 is 27.3 Å². The Hall–Kier alpha value is 0.140. The van der Waals surface area contributed by atoms with Crippen molar-refractivity contribution in [3.63, 3.8) is 0 Å². The maximum atomic E-state index is 11.0. The number of halogens is 1. The second-order valence-corrected chi connectivity index (χ2v) is 6.75. The molecule has 1 aliphatic rings. The van der Waals surface area contributed by atoms with Crippen molar-refractivity contribution in [2.75, 3.05) is 0 Å². The van der Waals surface area contributed by atoms with Crippen LogP contribution in [-0.2, 0) is 5.60 Å². The fourth-order valence-corrected chi connectivity index (χ4v) is 4.71. The van der Waals surface area contributed by atoms with Crippen molar-refractivity contribution in [1.29, 1.82) is 0 Å². The van der Waals surface area contributed by atoms with Crippen LogP contribution in [0.1, 0.15) is 45.1 Å². The van der Waals surface area contributed by atoms with Gasteiger partial charge in [-0.05, 0) is 46.0 Å². The van der Waals surface area contributed by atoms with Gasteiger partial charge in [0.2, 0.25) is 0 Å². The van der Waals surface area contributed by atoms with E-state index in [0.717, 1.165) is 29.3 Å². The standard InChI is InChI=1S/C13H19BrOS/c1-9(2)10-5-3-4-6-13(10,15)11-7-16-8-12(11)14/h7-10,15H,3-6H2,1-2H3. The fourth-order valence-electron chi connectivity index (χ4n) is 2.99. The van der Waals surface area contributed by atoms with E-state index >= 15 is 0 Å². The monoisotopic (exact) mass is 302 g/mol. The Balaban J connectivity index is 2.37. The molecule has 1 aromatic heterocycles. The lowest BCUT2D eigenvalue weighted by atomic mass is 9.68. The van der Waals surface area contributed by atoms with Crippen molar-refractivity contribution in [3.05, 3.63) is 20.8 Å². The Morgan fingerprint density at radius 3 is 2.75 bits per heavy atom. The summed E-state index contributed by atoms with van der Waals surface area (Å²) in [6.45, 7) is 4.45. The molecule has 1 saturated carbocycles. The van der Waals surface area contributed by atoms with Gasteiger partial charge in [-0.3, -0.25) is 0 Å². The molecule has 2 rings (SSSR count). The summed E-state index contributed by atoms with van der Waals surface area (Å²) in [4.78, 5) is 0. The molecule has 1 aromatic rings. The summed E-state index contributed by atoms with van der Waals surface area (Å²) in [6, 6.07) is 0. The molecule has 1 heterocycles. The maximum absolute atomic E-state index is 11.0. The zero-order valence-electron chi connectivity index (χ0n) is 9.87. The molecule has 0 spiro atoms. The lowest BCUT2D eigenvalue weighted by molar-refractivity contribution is -0.0723. The van der Waals surface area contributed by atoms with Gasteiger partial charge in [-0.25, -0.2) is 0 Å². The van der Waals surface area contributed by atoms with Crippen molar-refractivity contribution in [2.24, 2.45) is 11.8 Å². The number of aliphatic hydroxyl groups is 1. The number of thiophene rings is 1. The van der Waals surface area contributed by atoms with Crippen molar-refractivity contribution in [3.8, 4) is 0 Å². The molecule has 1 nitrogen and oxygen atoms in total. The van der Waals surface area contributed by atoms with Gasteiger partial charge in [0, 0.05) is 15.4 Å². The average Bonchev–Trinajstić information content (AvgIpc) is 2.65. The first kappa shape index (κ1) is 12.6. The average molecular weight is 303 g/mol. The highest BCUT2D eigenvalue weighted by Gasteiger charge is 2.43. The summed E-state index contributed by atoms with van der Waals surface area (Å²) in [5.74, 6) is 0.934. The lowest BCUT2D eigenvalue weighted by Gasteiger charge is -2.42. The molecular weight excluding hydrogens is 284 g/mol. The van der Waals surface area contributed by atoms with Crippen LogP contribution in [0.25, 0.3) is 0 Å². The predicted molar refractivity (Wildman–Crippen MR) is 72.7 cm³/mol. The molecule has 2 unspecified atom stereocenters. The van der Waals surface area contributed by atoms with Gasteiger partial charge >= 0.3 is 0 Å². The molecule has 0 aliphatic heterocycles. The first-order chi connectivity index (χ1) is 7.55. The Morgan fingerprint density at radius 2 is 2.19 bits per heavy atom. The minimum absolute atomic E-state index is 0.396. The third kappa shape index (κ3) is 2.09. The van der Waals surface area contributed by atoms with Crippen LogP contribution in [0.15, 0.2) is 15.2 Å². The summed E-state index contributed by atoms with van der Waals surface area (Å²) in [5, 5.41) is 15.2. The fraction of sp³-hybridized carbons (Fsp3) is 0.692. The van der Waals surface area contributed by atoms with E-state index in [-0.39, 0.29) is 0 Å². The molecule has 0 bridgehead atoms. The Bertz CT molecular complexity index is 361. The summed E-state index contributed by atoms with van der Waals surface area (Å²) >= 11 is 5.23. The van der Waals surface area contributed by atoms with Crippen LogP contribution in [0.4, 0.5) is 0 Å². The zero-order valence-corrected chi connectivity index (χ0v) is 12.3. The molecular formula is C13H19BrOS. The minimum Gasteiger partial charge on any atom is -0.385 e. The molecule has 0 radical (unpaired) electrons. The Kier molecular flexibility index (Phi) is 3.77. The van der Waals surface area contributed by atoms with Gasteiger partial charge in [0.1, 0.15) is 0 Å². The van der Waals surface area contributed by atoms with E-state index in [2.05, 4.69) is 40.5 Å². The van der Waals surface area contributed by atoms with E-state index in [4.69, 9.17) is 0 Å². The van der Waals surface area contributed by atoms with Crippen molar-refractivity contribution in [2.45, 2.75) is 45.1 Å². The topological polar surface area (TPSA) is 20.2 Å². The van der Waals surface area contributed by atoms with E-state index in [1.165, 1.54) is 6.42 Å². The number of hydrogen-bond donors (Lipinski definition) is 1. The summed E-state index contributed by atoms with van der Waals surface area (Å²) in [6.07, 6.45) is 4.45. The predicted octanol–water partition coefficient (Wildman–Crippen LogP) is 4.54. The maximum Gasteiger partial charge on any atom is 0.0945 e. The first-order valence-electron chi connectivity index (χ1n) is 6.00. The lowest BCUT2D eigenvalue weighted by Crippen LogP contribution is -2.40. The zero-order chi connectivity index (χ0) is 11.8. The molecule has 1 aliphatic carbocycles. The minimum atomic E-state index is -0.606. The third-order valence-electron chi connectivity index (χ3n) is 3.82. The summed E-state index contributed by atoms with van der Waals surface area (Å²) < 4.78 is 1.08. The number of hydrogen-bond acceptors (Lipinski definition) is 2. The van der Waals surface area contributed by atoms with Gasteiger partial charge in [0.25, 0.3) is 0 Å². The molecule has 2 atom stereocenters. The second-order valence-electron chi connectivity index (χ2n) is 5.15. The Morgan fingerprint density at radius 1 is 1.44 bits per heavy atom. The van der Waals surface area contributed by atoms with Gasteiger partial charge in [0.15, 0.2) is 0 Å². The van der Waals surface area contributed by atoms with Crippen molar-refractivity contribution < 1.29 is 5.11 Å². The highest BCUT2D eigenvalue weighted by atomic mass is 79.9. The molecule has 1 fully saturated rings. The largest absolute Gasteiger partial charge is 0.385 e.